The number of hydrogen-bond acceptors (Lipinski definition) is 4. The molecule has 3 rings (SSSR count). The fraction of sp³-hybridized carbons (Fsp3) is 0.458. The van der Waals surface area contributed by atoms with Crippen LogP contribution in [0.4, 0.5) is 0 Å². The summed E-state index contributed by atoms with van der Waals surface area (Å²) in [4.78, 5) is 12.9. The van der Waals surface area contributed by atoms with E-state index in [1.54, 1.807) is 0 Å². The Labute approximate surface area is 173 Å². The highest BCUT2D eigenvalue weighted by molar-refractivity contribution is 5.88. The lowest BCUT2D eigenvalue weighted by Gasteiger charge is -2.57. The highest BCUT2D eigenvalue weighted by Crippen LogP contribution is 2.49. The molecule has 0 spiro atoms. The number of hydrogen-bond donors (Lipinski definition) is 2. The molecule has 2 aromatic carbocycles. The summed E-state index contributed by atoms with van der Waals surface area (Å²) in [7, 11) is 0. The minimum atomic E-state index is -0.911. The lowest BCUT2D eigenvalue weighted by molar-refractivity contribution is -0.170. The van der Waals surface area contributed by atoms with Crippen LogP contribution in [0.5, 0.6) is 0 Å². The maximum absolute atomic E-state index is 12.9. The molecule has 2 atom stereocenters. The number of ether oxygens (including phenoxy) is 2. The largest absolute Gasteiger partial charge is 0.378 e. The summed E-state index contributed by atoms with van der Waals surface area (Å²) in [6.45, 7) is 8.07. The van der Waals surface area contributed by atoms with E-state index in [2.05, 4.69) is 5.32 Å². The molecule has 0 aliphatic heterocycles. The van der Waals surface area contributed by atoms with Crippen molar-refractivity contribution in [3.05, 3.63) is 71.3 Å². The van der Waals surface area contributed by atoms with E-state index in [1.807, 2.05) is 75.4 Å². The Morgan fingerprint density at radius 1 is 1.07 bits per heavy atom. The molecule has 2 aromatic rings. The van der Waals surface area contributed by atoms with Crippen molar-refractivity contribution < 1.29 is 14.3 Å². The molecule has 0 heterocycles. The molecule has 1 amide bonds. The minimum Gasteiger partial charge on any atom is -0.378 e. The van der Waals surface area contributed by atoms with Crippen LogP contribution in [0, 0.1) is 5.41 Å². The summed E-state index contributed by atoms with van der Waals surface area (Å²) < 4.78 is 11.6. The maximum Gasteiger partial charge on any atom is 0.241 e. The normalized spacial score (nSPS) is 22.7. The van der Waals surface area contributed by atoms with E-state index in [0.717, 1.165) is 16.7 Å². The molecule has 1 saturated carbocycles. The van der Waals surface area contributed by atoms with Gasteiger partial charge in [0, 0.05) is 25.0 Å². The number of rotatable bonds is 9. The molecule has 1 fully saturated rings. The van der Waals surface area contributed by atoms with Gasteiger partial charge < -0.3 is 20.5 Å². The first-order valence-electron chi connectivity index (χ1n) is 10.3. The van der Waals surface area contributed by atoms with E-state index in [0.29, 0.717) is 32.8 Å². The van der Waals surface area contributed by atoms with E-state index in [-0.39, 0.29) is 12.0 Å². The van der Waals surface area contributed by atoms with Crippen molar-refractivity contribution in [2.24, 2.45) is 11.1 Å². The zero-order valence-electron chi connectivity index (χ0n) is 17.6. The molecule has 0 bridgehead atoms. The summed E-state index contributed by atoms with van der Waals surface area (Å²) >= 11 is 0. The quantitative estimate of drug-likeness (QED) is 0.680. The Morgan fingerprint density at radius 2 is 1.72 bits per heavy atom. The molecule has 2 unspecified atom stereocenters. The van der Waals surface area contributed by atoms with Crippen LogP contribution in [-0.4, -0.2) is 24.2 Å². The van der Waals surface area contributed by atoms with Crippen molar-refractivity contribution in [1.82, 2.24) is 5.32 Å². The standard InChI is InChI=1S/C24H32N2O3/c1-4-29-21-14-24(25,23(21,2)3)22(27)26-15-19-12-8-9-13-20(19)17-28-16-18-10-6-5-7-11-18/h5-13,21H,4,14-17,25H2,1-3H3,(H,26,27). The molecule has 5 heteroatoms. The van der Waals surface area contributed by atoms with Gasteiger partial charge in [-0.25, -0.2) is 0 Å². The van der Waals surface area contributed by atoms with Gasteiger partial charge in [0.1, 0.15) is 5.54 Å². The molecule has 29 heavy (non-hydrogen) atoms. The first-order chi connectivity index (χ1) is 13.9. The molecule has 1 aliphatic rings. The molecule has 0 radical (unpaired) electrons. The van der Waals surface area contributed by atoms with Gasteiger partial charge in [-0.1, -0.05) is 68.4 Å². The molecule has 5 nitrogen and oxygen atoms in total. The van der Waals surface area contributed by atoms with Crippen LogP contribution in [0.2, 0.25) is 0 Å². The van der Waals surface area contributed by atoms with Crippen LogP contribution in [0.3, 0.4) is 0 Å². The van der Waals surface area contributed by atoms with Gasteiger partial charge in [-0.2, -0.15) is 0 Å². The highest BCUT2D eigenvalue weighted by atomic mass is 16.5. The second kappa shape index (κ2) is 9.08. The van der Waals surface area contributed by atoms with Gasteiger partial charge in [-0.3, -0.25) is 4.79 Å². The monoisotopic (exact) mass is 396 g/mol. The van der Waals surface area contributed by atoms with Crippen molar-refractivity contribution >= 4 is 5.91 Å². The Morgan fingerprint density at radius 3 is 2.38 bits per heavy atom. The zero-order valence-corrected chi connectivity index (χ0v) is 17.6. The van der Waals surface area contributed by atoms with Gasteiger partial charge in [0.15, 0.2) is 0 Å². The second-order valence-corrected chi connectivity index (χ2v) is 8.27. The van der Waals surface area contributed by atoms with Crippen LogP contribution in [0.15, 0.2) is 54.6 Å². The Hall–Kier alpha value is -2.21. The molecule has 156 valence electrons. The number of carbonyl (C=O) groups is 1. The van der Waals surface area contributed by atoms with Crippen molar-refractivity contribution in [2.75, 3.05) is 6.61 Å². The van der Waals surface area contributed by atoms with Gasteiger partial charge in [-0.15, -0.1) is 0 Å². The third-order valence-electron chi connectivity index (χ3n) is 6.16. The smallest absolute Gasteiger partial charge is 0.241 e. The number of nitrogens with two attached hydrogens (primary N) is 1. The number of carbonyl (C=O) groups excluding carboxylic acids is 1. The van der Waals surface area contributed by atoms with Crippen LogP contribution in [-0.2, 0) is 34.0 Å². The number of benzene rings is 2. The predicted molar refractivity (Wildman–Crippen MR) is 114 cm³/mol. The van der Waals surface area contributed by atoms with Crippen molar-refractivity contribution in [2.45, 2.75) is 58.6 Å². The average molecular weight is 397 g/mol. The molecule has 0 aromatic heterocycles. The third-order valence-corrected chi connectivity index (χ3v) is 6.16. The van der Waals surface area contributed by atoms with E-state index >= 15 is 0 Å². The van der Waals surface area contributed by atoms with Gasteiger partial charge in [0.2, 0.25) is 5.91 Å². The lowest BCUT2D eigenvalue weighted by atomic mass is 9.54. The molecular weight excluding hydrogens is 364 g/mol. The van der Waals surface area contributed by atoms with Crippen LogP contribution >= 0.6 is 0 Å². The Kier molecular flexibility index (Phi) is 6.73. The van der Waals surface area contributed by atoms with Gasteiger partial charge in [-0.05, 0) is 23.6 Å². The van der Waals surface area contributed by atoms with E-state index in [9.17, 15) is 4.79 Å². The molecular formula is C24H32N2O3. The summed E-state index contributed by atoms with van der Waals surface area (Å²) in [5, 5.41) is 3.03. The van der Waals surface area contributed by atoms with Crippen LogP contribution < -0.4 is 11.1 Å². The fourth-order valence-electron chi connectivity index (χ4n) is 3.88. The van der Waals surface area contributed by atoms with Crippen LogP contribution in [0.1, 0.15) is 43.9 Å². The average Bonchev–Trinajstić information content (AvgIpc) is 2.73. The van der Waals surface area contributed by atoms with E-state index in [1.165, 1.54) is 0 Å². The predicted octanol–water partition coefficient (Wildman–Crippen LogP) is 3.55. The fourth-order valence-corrected chi connectivity index (χ4v) is 3.88. The highest BCUT2D eigenvalue weighted by Gasteiger charge is 2.62. The van der Waals surface area contributed by atoms with Gasteiger partial charge in [0.25, 0.3) is 0 Å². The molecule has 3 N–H and O–H groups in total. The number of amides is 1. The van der Waals surface area contributed by atoms with Gasteiger partial charge in [0.05, 0.1) is 19.3 Å². The first-order valence-corrected chi connectivity index (χ1v) is 10.3. The lowest BCUT2D eigenvalue weighted by Crippen LogP contribution is -2.75. The maximum atomic E-state index is 12.9. The summed E-state index contributed by atoms with van der Waals surface area (Å²) in [6, 6.07) is 18.1. The van der Waals surface area contributed by atoms with Gasteiger partial charge >= 0.3 is 0 Å². The summed E-state index contributed by atoms with van der Waals surface area (Å²) in [6.07, 6.45) is 0.559. The minimum absolute atomic E-state index is 0.0157. The third kappa shape index (κ3) is 4.53. The summed E-state index contributed by atoms with van der Waals surface area (Å²) in [5.74, 6) is -0.126. The summed E-state index contributed by atoms with van der Waals surface area (Å²) in [5.41, 5.74) is 8.41. The van der Waals surface area contributed by atoms with Crippen molar-refractivity contribution in [1.29, 1.82) is 0 Å². The Bertz CT molecular complexity index is 822. The van der Waals surface area contributed by atoms with Crippen LogP contribution in [0.25, 0.3) is 0 Å². The first kappa shape index (κ1) is 21.5. The van der Waals surface area contributed by atoms with E-state index < -0.39 is 11.0 Å². The van der Waals surface area contributed by atoms with Crippen molar-refractivity contribution in [3.63, 3.8) is 0 Å². The van der Waals surface area contributed by atoms with Crippen molar-refractivity contribution in [3.8, 4) is 0 Å². The Balaban J connectivity index is 1.56. The second-order valence-electron chi connectivity index (χ2n) is 8.27. The zero-order chi connectivity index (χ0) is 20.9. The SMILES string of the molecule is CCOC1CC(N)(C(=O)NCc2ccccc2COCc2ccccc2)C1(C)C. The molecule has 0 saturated heterocycles. The van der Waals surface area contributed by atoms with E-state index in [4.69, 9.17) is 15.2 Å². The topological polar surface area (TPSA) is 73.6 Å². The molecule has 1 aliphatic carbocycles. The number of nitrogens with one attached hydrogen (secondary N) is 1.